The first-order valence-electron chi connectivity index (χ1n) is 3.73. The van der Waals surface area contributed by atoms with Crippen LogP contribution in [0.15, 0.2) is 6.20 Å². The Bertz CT molecular complexity index is 276. The third kappa shape index (κ3) is 1.34. The predicted octanol–water partition coefficient (Wildman–Crippen LogP) is -0.612. The summed E-state index contributed by atoms with van der Waals surface area (Å²) in [5.74, 6) is 0. The standard InChI is InChI=1S/C6H9IN4O/c7-6-3-9-10-11(6)4-1-8-2-5(4)12/h3-5,8,12H,1-2H2/t4-,5-/m1/s1. The third-order valence-corrected chi connectivity index (χ3v) is 2.77. The molecule has 1 aliphatic heterocycles. The summed E-state index contributed by atoms with van der Waals surface area (Å²) in [6.07, 6.45) is 1.34. The van der Waals surface area contributed by atoms with Crippen LogP contribution in [0.1, 0.15) is 6.04 Å². The summed E-state index contributed by atoms with van der Waals surface area (Å²) in [5.41, 5.74) is 0. The number of hydrogen-bond acceptors (Lipinski definition) is 4. The molecular weight excluding hydrogens is 271 g/mol. The van der Waals surface area contributed by atoms with Gasteiger partial charge in [0.2, 0.25) is 0 Å². The molecule has 1 aliphatic rings. The number of aliphatic hydroxyl groups is 1. The SMILES string of the molecule is O[C@@H]1CNC[C@H]1n1nncc1I. The van der Waals surface area contributed by atoms with Gasteiger partial charge in [0.05, 0.1) is 18.3 Å². The van der Waals surface area contributed by atoms with Gasteiger partial charge in [-0.15, -0.1) is 5.10 Å². The Kier molecular flexibility index (Phi) is 2.28. The number of nitrogens with one attached hydrogen (secondary N) is 1. The van der Waals surface area contributed by atoms with E-state index in [1.807, 2.05) is 0 Å². The van der Waals surface area contributed by atoms with Crippen molar-refractivity contribution in [2.24, 2.45) is 0 Å². The normalized spacial score (nSPS) is 29.5. The van der Waals surface area contributed by atoms with Gasteiger partial charge in [-0.2, -0.15) is 0 Å². The van der Waals surface area contributed by atoms with Gasteiger partial charge in [-0.25, -0.2) is 4.68 Å². The summed E-state index contributed by atoms with van der Waals surface area (Å²) in [6, 6.07) is 0.0411. The zero-order valence-corrected chi connectivity index (χ0v) is 8.47. The maximum atomic E-state index is 9.53. The van der Waals surface area contributed by atoms with E-state index < -0.39 is 0 Å². The van der Waals surface area contributed by atoms with Crippen molar-refractivity contribution in [3.05, 3.63) is 9.90 Å². The lowest BCUT2D eigenvalue weighted by atomic mass is 10.2. The van der Waals surface area contributed by atoms with Crippen molar-refractivity contribution >= 4 is 22.6 Å². The highest BCUT2D eigenvalue weighted by molar-refractivity contribution is 14.1. The van der Waals surface area contributed by atoms with Gasteiger partial charge in [0.1, 0.15) is 3.70 Å². The minimum atomic E-state index is -0.347. The number of aliphatic hydroxyl groups excluding tert-OH is 1. The van der Waals surface area contributed by atoms with Crippen LogP contribution in [0.25, 0.3) is 0 Å². The molecule has 6 heteroatoms. The number of aromatic nitrogens is 3. The number of nitrogens with zero attached hydrogens (tertiary/aromatic N) is 3. The molecule has 0 bridgehead atoms. The molecule has 2 N–H and O–H groups in total. The van der Waals surface area contributed by atoms with E-state index in [0.29, 0.717) is 6.54 Å². The summed E-state index contributed by atoms with van der Waals surface area (Å²) in [5, 5.41) is 20.3. The van der Waals surface area contributed by atoms with E-state index in [1.54, 1.807) is 10.9 Å². The second-order valence-corrected chi connectivity index (χ2v) is 3.90. The molecule has 1 aromatic heterocycles. The van der Waals surface area contributed by atoms with Crippen LogP contribution in [-0.2, 0) is 0 Å². The van der Waals surface area contributed by atoms with Crippen molar-refractivity contribution in [2.75, 3.05) is 13.1 Å². The topological polar surface area (TPSA) is 63.0 Å². The quantitative estimate of drug-likeness (QED) is 0.674. The fourth-order valence-corrected chi connectivity index (χ4v) is 1.94. The average Bonchev–Trinajstić information content (AvgIpc) is 2.59. The molecule has 0 saturated carbocycles. The lowest BCUT2D eigenvalue weighted by Crippen LogP contribution is -2.24. The lowest BCUT2D eigenvalue weighted by molar-refractivity contribution is 0.142. The Morgan fingerprint density at radius 2 is 2.50 bits per heavy atom. The number of hydrogen-bond donors (Lipinski definition) is 2. The van der Waals surface area contributed by atoms with E-state index in [0.717, 1.165) is 10.2 Å². The molecule has 0 aliphatic carbocycles. The van der Waals surface area contributed by atoms with E-state index >= 15 is 0 Å². The first-order chi connectivity index (χ1) is 5.79. The number of rotatable bonds is 1. The summed E-state index contributed by atoms with van der Waals surface area (Å²) >= 11 is 2.15. The lowest BCUT2D eigenvalue weighted by Gasteiger charge is -2.13. The minimum Gasteiger partial charge on any atom is -0.390 e. The van der Waals surface area contributed by atoms with Crippen molar-refractivity contribution < 1.29 is 5.11 Å². The van der Waals surface area contributed by atoms with Gasteiger partial charge >= 0.3 is 0 Å². The third-order valence-electron chi connectivity index (χ3n) is 2.00. The van der Waals surface area contributed by atoms with Crippen LogP contribution in [0.5, 0.6) is 0 Å². The molecule has 5 nitrogen and oxygen atoms in total. The van der Waals surface area contributed by atoms with Crippen molar-refractivity contribution in [3.8, 4) is 0 Å². The molecule has 0 radical (unpaired) electrons. The predicted molar refractivity (Wildman–Crippen MR) is 50.7 cm³/mol. The zero-order valence-electron chi connectivity index (χ0n) is 6.31. The Morgan fingerprint density at radius 1 is 1.67 bits per heavy atom. The highest BCUT2D eigenvalue weighted by Gasteiger charge is 2.28. The van der Waals surface area contributed by atoms with Crippen LogP contribution >= 0.6 is 22.6 Å². The molecule has 0 aromatic carbocycles. The van der Waals surface area contributed by atoms with Crippen molar-refractivity contribution in [3.63, 3.8) is 0 Å². The molecular formula is C6H9IN4O. The maximum Gasteiger partial charge on any atom is 0.120 e. The van der Waals surface area contributed by atoms with E-state index in [4.69, 9.17) is 0 Å². The van der Waals surface area contributed by atoms with Crippen LogP contribution in [0.3, 0.4) is 0 Å². The van der Waals surface area contributed by atoms with Gasteiger partial charge in [-0.05, 0) is 22.6 Å². The number of β-amino-alcohol motifs (C(OH)–C–C–N with tert-alkyl or cyclic N) is 1. The monoisotopic (exact) mass is 280 g/mol. The van der Waals surface area contributed by atoms with Gasteiger partial charge in [0, 0.05) is 13.1 Å². The summed E-state index contributed by atoms with van der Waals surface area (Å²) in [7, 11) is 0. The van der Waals surface area contributed by atoms with Gasteiger partial charge in [0.25, 0.3) is 0 Å². The summed E-state index contributed by atoms with van der Waals surface area (Å²) in [6.45, 7) is 1.40. The second kappa shape index (κ2) is 3.27. The molecule has 66 valence electrons. The molecule has 0 amide bonds. The molecule has 0 spiro atoms. The molecule has 1 saturated heterocycles. The van der Waals surface area contributed by atoms with Crippen molar-refractivity contribution in [1.29, 1.82) is 0 Å². The summed E-state index contributed by atoms with van der Waals surface area (Å²) in [4.78, 5) is 0. The average molecular weight is 280 g/mol. The second-order valence-electron chi connectivity index (χ2n) is 2.79. The van der Waals surface area contributed by atoms with E-state index in [-0.39, 0.29) is 12.1 Å². The van der Waals surface area contributed by atoms with Gasteiger partial charge < -0.3 is 10.4 Å². The molecule has 2 rings (SSSR count). The van der Waals surface area contributed by atoms with Crippen LogP contribution in [0.4, 0.5) is 0 Å². The van der Waals surface area contributed by atoms with Gasteiger partial charge in [-0.3, -0.25) is 0 Å². The van der Waals surface area contributed by atoms with Crippen LogP contribution in [-0.4, -0.2) is 39.3 Å². The summed E-state index contributed by atoms with van der Waals surface area (Å²) < 4.78 is 2.71. The Hall–Kier alpha value is -0.210. The molecule has 2 atom stereocenters. The molecule has 0 unspecified atom stereocenters. The Labute approximate surface area is 83.3 Å². The zero-order chi connectivity index (χ0) is 8.55. The van der Waals surface area contributed by atoms with Crippen molar-refractivity contribution in [2.45, 2.75) is 12.1 Å². The minimum absolute atomic E-state index is 0.0411. The number of halogens is 1. The smallest absolute Gasteiger partial charge is 0.120 e. The largest absolute Gasteiger partial charge is 0.390 e. The van der Waals surface area contributed by atoms with Crippen LogP contribution in [0.2, 0.25) is 0 Å². The van der Waals surface area contributed by atoms with E-state index in [1.165, 1.54) is 0 Å². The Balaban J connectivity index is 2.24. The van der Waals surface area contributed by atoms with E-state index in [9.17, 15) is 5.11 Å². The molecule has 2 heterocycles. The van der Waals surface area contributed by atoms with Gasteiger partial charge in [-0.1, -0.05) is 5.21 Å². The molecule has 1 fully saturated rings. The van der Waals surface area contributed by atoms with Gasteiger partial charge in [0.15, 0.2) is 0 Å². The molecule has 12 heavy (non-hydrogen) atoms. The Morgan fingerprint density at radius 3 is 3.00 bits per heavy atom. The highest BCUT2D eigenvalue weighted by Crippen LogP contribution is 2.17. The fraction of sp³-hybridized carbons (Fsp3) is 0.667. The van der Waals surface area contributed by atoms with Crippen LogP contribution in [0, 0.1) is 3.70 Å². The van der Waals surface area contributed by atoms with E-state index in [2.05, 4.69) is 38.2 Å². The maximum absolute atomic E-state index is 9.53. The first-order valence-corrected chi connectivity index (χ1v) is 4.81. The fourth-order valence-electron chi connectivity index (χ4n) is 1.36. The van der Waals surface area contributed by atoms with Crippen LogP contribution < -0.4 is 5.32 Å². The highest BCUT2D eigenvalue weighted by atomic mass is 127. The van der Waals surface area contributed by atoms with Crippen molar-refractivity contribution in [1.82, 2.24) is 20.3 Å². The first kappa shape index (κ1) is 8.39. The molecule has 1 aromatic rings.